The molecule has 0 aliphatic heterocycles. The van der Waals surface area contributed by atoms with E-state index in [1.807, 2.05) is 17.8 Å². The molecule has 124 valence electrons. The summed E-state index contributed by atoms with van der Waals surface area (Å²) in [5.41, 5.74) is 2.20. The summed E-state index contributed by atoms with van der Waals surface area (Å²) in [6, 6.07) is 2.14. The molecule has 2 heterocycles. The van der Waals surface area contributed by atoms with E-state index in [0.717, 1.165) is 42.8 Å². The summed E-state index contributed by atoms with van der Waals surface area (Å²) in [4.78, 5) is 13.7. The van der Waals surface area contributed by atoms with E-state index in [1.165, 1.54) is 0 Å². The van der Waals surface area contributed by atoms with Gasteiger partial charge in [0.15, 0.2) is 11.5 Å². The molecule has 1 N–H and O–H groups in total. The number of hydrogen-bond donors (Lipinski definition) is 1. The van der Waals surface area contributed by atoms with Crippen LogP contribution >= 0.6 is 0 Å². The Morgan fingerprint density at radius 3 is 3.04 bits per heavy atom. The molecule has 0 fully saturated rings. The Balaban J connectivity index is 1.80. The van der Waals surface area contributed by atoms with Crippen LogP contribution in [0.15, 0.2) is 16.8 Å². The molecule has 0 spiro atoms. The quantitative estimate of drug-likeness (QED) is 0.876. The fourth-order valence-corrected chi connectivity index (χ4v) is 3.31. The molecule has 7 heteroatoms. The van der Waals surface area contributed by atoms with Crippen molar-refractivity contribution < 1.29 is 14.4 Å². The van der Waals surface area contributed by atoms with Gasteiger partial charge in [-0.25, -0.2) is 4.79 Å². The third-order valence-corrected chi connectivity index (χ3v) is 4.48. The monoisotopic (exact) mass is 318 g/mol. The van der Waals surface area contributed by atoms with Crippen LogP contribution in [0.5, 0.6) is 0 Å². The Labute approximate surface area is 134 Å². The molecule has 7 nitrogen and oxygen atoms in total. The maximum absolute atomic E-state index is 11.5. The zero-order chi connectivity index (χ0) is 16.4. The highest BCUT2D eigenvalue weighted by Gasteiger charge is 2.30. The molecule has 0 saturated heterocycles. The number of fused-ring (bicyclic) bond motifs is 1. The first-order chi connectivity index (χ1) is 11.1. The minimum absolute atomic E-state index is 0.214. The fourth-order valence-electron chi connectivity index (χ4n) is 3.31. The van der Waals surface area contributed by atoms with E-state index in [0.29, 0.717) is 13.0 Å². The molecule has 2 aromatic rings. The molecule has 0 aromatic carbocycles. The zero-order valence-corrected chi connectivity index (χ0v) is 13.5. The fraction of sp³-hybridized carbons (Fsp3) is 0.562. The summed E-state index contributed by atoms with van der Waals surface area (Å²) in [7, 11) is 2.04. The minimum atomic E-state index is -0.936. The number of rotatable bonds is 6. The zero-order valence-electron chi connectivity index (χ0n) is 13.5. The average molecular weight is 318 g/mol. The lowest BCUT2D eigenvalue weighted by molar-refractivity contribution is 0.0687. The van der Waals surface area contributed by atoms with Crippen molar-refractivity contribution in [1.29, 1.82) is 0 Å². The topological polar surface area (TPSA) is 84.4 Å². The number of carboxylic acids is 1. The van der Waals surface area contributed by atoms with Gasteiger partial charge in [0.1, 0.15) is 0 Å². The van der Waals surface area contributed by atoms with Crippen LogP contribution in [0.2, 0.25) is 0 Å². The maximum atomic E-state index is 11.5. The molecule has 1 atom stereocenters. The molecule has 0 amide bonds. The summed E-state index contributed by atoms with van der Waals surface area (Å²) >= 11 is 0. The van der Waals surface area contributed by atoms with Gasteiger partial charge in [-0.05, 0) is 32.7 Å². The lowest BCUT2D eigenvalue weighted by Gasteiger charge is -2.31. The number of nitrogens with zero attached hydrogens (tertiary/aromatic N) is 4. The van der Waals surface area contributed by atoms with Crippen LogP contribution in [-0.2, 0) is 25.9 Å². The lowest BCUT2D eigenvalue weighted by atomic mass is 9.90. The molecule has 0 saturated carbocycles. The second-order valence-electron chi connectivity index (χ2n) is 6.09. The van der Waals surface area contributed by atoms with E-state index in [9.17, 15) is 9.90 Å². The molecule has 1 aliphatic rings. The first kappa shape index (κ1) is 15.7. The van der Waals surface area contributed by atoms with Gasteiger partial charge in [-0.15, -0.1) is 0 Å². The number of carboxylic acid groups (broad SMARTS) is 1. The van der Waals surface area contributed by atoms with Gasteiger partial charge in [-0.1, -0.05) is 12.1 Å². The molecule has 3 rings (SSSR count). The average Bonchev–Trinajstić information content (AvgIpc) is 3.15. The van der Waals surface area contributed by atoms with Crippen molar-refractivity contribution in [3.8, 4) is 0 Å². The van der Waals surface area contributed by atoms with E-state index in [-0.39, 0.29) is 11.7 Å². The highest BCUT2D eigenvalue weighted by molar-refractivity contribution is 5.87. The Morgan fingerprint density at radius 1 is 1.57 bits per heavy atom. The van der Waals surface area contributed by atoms with Crippen molar-refractivity contribution in [1.82, 2.24) is 19.8 Å². The lowest BCUT2D eigenvalue weighted by Crippen LogP contribution is -2.36. The predicted octanol–water partition coefficient (Wildman–Crippen LogP) is 1.97. The van der Waals surface area contributed by atoms with Crippen molar-refractivity contribution in [2.45, 2.75) is 51.7 Å². The Hall–Kier alpha value is -2.15. The van der Waals surface area contributed by atoms with Crippen molar-refractivity contribution in [2.75, 3.05) is 7.05 Å². The first-order valence-corrected chi connectivity index (χ1v) is 8.01. The summed E-state index contributed by atoms with van der Waals surface area (Å²) in [5, 5.41) is 17.5. The molecule has 0 bridgehead atoms. The van der Waals surface area contributed by atoms with Crippen LogP contribution in [0.3, 0.4) is 0 Å². The van der Waals surface area contributed by atoms with Crippen LogP contribution in [0.4, 0.5) is 0 Å². The summed E-state index contributed by atoms with van der Waals surface area (Å²) in [6.07, 6.45) is 5.15. The van der Waals surface area contributed by atoms with E-state index in [4.69, 9.17) is 4.52 Å². The van der Waals surface area contributed by atoms with Gasteiger partial charge in [0.05, 0.1) is 12.7 Å². The second-order valence-corrected chi connectivity index (χ2v) is 6.09. The van der Waals surface area contributed by atoms with Crippen LogP contribution in [0.1, 0.15) is 47.3 Å². The number of hydrogen-bond acceptors (Lipinski definition) is 5. The van der Waals surface area contributed by atoms with Crippen molar-refractivity contribution in [3.05, 3.63) is 35.0 Å². The molecular weight excluding hydrogens is 296 g/mol. The van der Waals surface area contributed by atoms with Gasteiger partial charge in [0.2, 0.25) is 0 Å². The van der Waals surface area contributed by atoms with Gasteiger partial charge in [-0.3, -0.25) is 9.58 Å². The van der Waals surface area contributed by atoms with E-state index in [1.54, 1.807) is 6.20 Å². The number of carbonyl (C=O) groups is 1. The smallest absolute Gasteiger partial charge is 0.356 e. The largest absolute Gasteiger partial charge is 0.476 e. The Bertz CT molecular complexity index is 678. The van der Waals surface area contributed by atoms with Crippen LogP contribution < -0.4 is 0 Å². The van der Waals surface area contributed by atoms with Crippen molar-refractivity contribution in [3.63, 3.8) is 0 Å². The third kappa shape index (κ3) is 3.14. The third-order valence-electron chi connectivity index (χ3n) is 4.48. The van der Waals surface area contributed by atoms with Gasteiger partial charge < -0.3 is 9.63 Å². The highest BCUT2D eigenvalue weighted by atomic mass is 16.5. The van der Waals surface area contributed by atoms with Gasteiger partial charge in [0, 0.05) is 29.9 Å². The SMILES string of the molecule is CCCn1nc(C(=O)O)c2c1CC[C@@H](N(C)Cc1ccno1)C2. The van der Waals surface area contributed by atoms with E-state index < -0.39 is 5.97 Å². The molecule has 23 heavy (non-hydrogen) atoms. The van der Waals surface area contributed by atoms with Gasteiger partial charge >= 0.3 is 5.97 Å². The van der Waals surface area contributed by atoms with E-state index in [2.05, 4.69) is 22.1 Å². The first-order valence-electron chi connectivity index (χ1n) is 8.01. The standard InChI is InChI=1S/C16H22N4O3/c1-3-8-20-14-5-4-11(9-13(14)15(18-20)16(21)22)19(2)10-12-6-7-17-23-12/h6-7,11H,3-5,8-10H2,1-2H3,(H,21,22)/t11-/m1/s1. The van der Waals surface area contributed by atoms with Crippen molar-refractivity contribution >= 4 is 5.97 Å². The molecular formula is C16H22N4O3. The minimum Gasteiger partial charge on any atom is -0.476 e. The summed E-state index contributed by atoms with van der Waals surface area (Å²) in [5.74, 6) is -0.118. The van der Waals surface area contributed by atoms with Crippen LogP contribution in [-0.4, -0.2) is 44.0 Å². The Kier molecular flexibility index (Phi) is 4.47. The second kappa shape index (κ2) is 6.54. The highest BCUT2D eigenvalue weighted by Crippen LogP contribution is 2.28. The molecule has 1 aliphatic carbocycles. The van der Waals surface area contributed by atoms with E-state index >= 15 is 0 Å². The van der Waals surface area contributed by atoms with Gasteiger partial charge in [-0.2, -0.15) is 5.10 Å². The molecule has 0 unspecified atom stereocenters. The maximum Gasteiger partial charge on any atom is 0.356 e. The number of likely N-dealkylation sites (N-methyl/N-ethyl adjacent to an activating group) is 1. The predicted molar refractivity (Wildman–Crippen MR) is 83.3 cm³/mol. The Morgan fingerprint density at radius 2 is 2.39 bits per heavy atom. The van der Waals surface area contributed by atoms with Crippen LogP contribution in [0, 0.1) is 0 Å². The van der Waals surface area contributed by atoms with Gasteiger partial charge in [0.25, 0.3) is 0 Å². The number of aryl methyl sites for hydroxylation is 1. The van der Waals surface area contributed by atoms with Crippen molar-refractivity contribution in [2.24, 2.45) is 0 Å². The summed E-state index contributed by atoms with van der Waals surface area (Å²) < 4.78 is 7.04. The normalized spacial score (nSPS) is 17.4. The number of aromatic carboxylic acids is 1. The molecule has 0 radical (unpaired) electrons. The van der Waals surface area contributed by atoms with Crippen LogP contribution in [0.25, 0.3) is 0 Å². The number of aromatic nitrogens is 3. The summed E-state index contributed by atoms with van der Waals surface area (Å²) in [6.45, 7) is 3.52. The molecule has 2 aromatic heterocycles.